The van der Waals surface area contributed by atoms with E-state index >= 15 is 0 Å². The van der Waals surface area contributed by atoms with Crippen LogP contribution in [0.15, 0.2) is 64.3 Å². The SMILES string of the molecule is CC(Sc1nc(-c2ccc(F)cc2)cs1)C(=O)Nc1ccccc1. The number of carbonyl (C=O) groups excluding carboxylic acids is 1. The lowest BCUT2D eigenvalue weighted by Crippen LogP contribution is -2.22. The number of aromatic nitrogens is 1. The van der Waals surface area contributed by atoms with Gasteiger partial charge in [0, 0.05) is 16.6 Å². The summed E-state index contributed by atoms with van der Waals surface area (Å²) in [5.41, 5.74) is 2.43. The van der Waals surface area contributed by atoms with Gasteiger partial charge in [-0.2, -0.15) is 0 Å². The average Bonchev–Trinajstić information content (AvgIpc) is 3.05. The standard InChI is InChI=1S/C18H15FN2OS2/c1-12(17(22)20-15-5-3-2-4-6-15)24-18-21-16(11-23-18)13-7-9-14(19)10-8-13/h2-12H,1H3,(H,20,22). The summed E-state index contributed by atoms with van der Waals surface area (Å²) >= 11 is 2.89. The highest BCUT2D eigenvalue weighted by Gasteiger charge is 2.17. The monoisotopic (exact) mass is 358 g/mol. The lowest BCUT2D eigenvalue weighted by Gasteiger charge is -2.10. The number of thiazole rings is 1. The van der Waals surface area contributed by atoms with Gasteiger partial charge in [0.1, 0.15) is 5.82 Å². The summed E-state index contributed by atoms with van der Waals surface area (Å²) in [5.74, 6) is -0.334. The molecule has 0 aliphatic carbocycles. The van der Waals surface area contributed by atoms with Crippen LogP contribution in [0, 0.1) is 5.82 Å². The Balaban J connectivity index is 1.63. The van der Waals surface area contributed by atoms with E-state index in [0.29, 0.717) is 0 Å². The maximum absolute atomic E-state index is 13.0. The second-order valence-electron chi connectivity index (χ2n) is 5.12. The van der Waals surface area contributed by atoms with Crippen molar-refractivity contribution < 1.29 is 9.18 Å². The van der Waals surface area contributed by atoms with Crippen LogP contribution in [0.25, 0.3) is 11.3 Å². The van der Waals surface area contributed by atoms with Crippen LogP contribution in [0.4, 0.5) is 10.1 Å². The summed E-state index contributed by atoms with van der Waals surface area (Å²) in [6.45, 7) is 1.85. The summed E-state index contributed by atoms with van der Waals surface area (Å²) in [6, 6.07) is 15.6. The molecular weight excluding hydrogens is 343 g/mol. The van der Waals surface area contributed by atoms with Gasteiger partial charge in [0.2, 0.25) is 5.91 Å². The van der Waals surface area contributed by atoms with Crippen LogP contribution in [0.2, 0.25) is 0 Å². The fourth-order valence-electron chi connectivity index (χ4n) is 2.03. The number of hydrogen-bond acceptors (Lipinski definition) is 4. The predicted octanol–water partition coefficient (Wildman–Crippen LogP) is 5.07. The van der Waals surface area contributed by atoms with Crippen molar-refractivity contribution in [2.45, 2.75) is 16.5 Å². The Morgan fingerprint density at radius 3 is 2.58 bits per heavy atom. The summed E-state index contributed by atoms with van der Waals surface area (Å²) in [4.78, 5) is 16.8. The van der Waals surface area contributed by atoms with Crippen molar-refractivity contribution in [1.82, 2.24) is 4.98 Å². The van der Waals surface area contributed by atoms with Crippen molar-refractivity contribution in [1.29, 1.82) is 0 Å². The van der Waals surface area contributed by atoms with E-state index in [4.69, 9.17) is 0 Å². The van der Waals surface area contributed by atoms with Gasteiger partial charge in [-0.25, -0.2) is 9.37 Å². The van der Waals surface area contributed by atoms with E-state index in [0.717, 1.165) is 21.3 Å². The Morgan fingerprint density at radius 1 is 1.17 bits per heavy atom. The number of thioether (sulfide) groups is 1. The molecule has 2 aromatic carbocycles. The maximum atomic E-state index is 13.0. The Hall–Kier alpha value is -2.18. The Kier molecular flexibility index (Phi) is 5.27. The Labute approximate surface area is 148 Å². The van der Waals surface area contributed by atoms with Gasteiger partial charge in [0.25, 0.3) is 0 Å². The third-order valence-corrected chi connectivity index (χ3v) is 5.38. The number of hydrogen-bond donors (Lipinski definition) is 1. The van der Waals surface area contributed by atoms with Crippen LogP contribution < -0.4 is 5.32 Å². The van der Waals surface area contributed by atoms with Crippen LogP contribution >= 0.6 is 23.1 Å². The first-order valence-corrected chi connectivity index (χ1v) is 9.12. The quantitative estimate of drug-likeness (QED) is 0.648. The molecule has 1 aromatic heterocycles. The second-order valence-corrected chi connectivity index (χ2v) is 7.57. The van der Waals surface area contributed by atoms with Crippen LogP contribution in [0.3, 0.4) is 0 Å². The van der Waals surface area contributed by atoms with Crippen molar-refractivity contribution in [3.8, 4) is 11.3 Å². The van der Waals surface area contributed by atoms with Gasteiger partial charge in [-0.05, 0) is 43.3 Å². The van der Waals surface area contributed by atoms with Gasteiger partial charge in [-0.15, -0.1) is 11.3 Å². The molecule has 3 nitrogen and oxygen atoms in total. The topological polar surface area (TPSA) is 42.0 Å². The van der Waals surface area contributed by atoms with Gasteiger partial charge in [0.15, 0.2) is 4.34 Å². The van der Waals surface area contributed by atoms with Gasteiger partial charge in [-0.3, -0.25) is 4.79 Å². The molecule has 3 rings (SSSR count). The van der Waals surface area contributed by atoms with Crippen LogP contribution in [-0.2, 0) is 4.79 Å². The fourth-order valence-corrected chi connectivity index (χ4v) is 4.01. The van der Waals surface area contributed by atoms with Crippen LogP contribution in [0.5, 0.6) is 0 Å². The molecule has 0 saturated heterocycles. The molecule has 1 heterocycles. The van der Waals surface area contributed by atoms with Gasteiger partial charge in [0.05, 0.1) is 10.9 Å². The molecule has 0 saturated carbocycles. The van der Waals surface area contributed by atoms with Crippen molar-refractivity contribution in [2.24, 2.45) is 0 Å². The number of halogens is 1. The van der Waals surface area contributed by atoms with Crippen molar-refractivity contribution in [3.63, 3.8) is 0 Å². The van der Waals surface area contributed by atoms with Gasteiger partial charge >= 0.3 is 0 Å². The largest absolute Gasteiger partial charge is 0.325 e. The molecular formula is C18H15FN2OS2. The van der Waals surface area contributed by atoms with Gasteiger partial charge < -0.3 is 5.32 Å². The zero-order chi connectivity index (χ0) is 16.9. The summed E-state index contributed by atoms with van der Waals surface area (Å²) in [5, 5.41) is 4.53. The molecule has 0 aliphatic rings. The highest BCUT2D eigenvalue weighted by atomic mass is 32.2. The molecule has 0 radical (unpaired) electrons. The van der Waals surface area contributed by atoms with Crippen LogP contribution in [-0.4, -0.2) is 16.1 Å². The Morgan fingerprint density at radius 2 is 1.88 bits per heavy atom. The van der Waals surface area contributed by atoms with Gasteiger partial charge in [-0.1, -0.05) is 30.0 Å². The molecule has 0 bridgehead atoms. The van der Waals surface area contributed by atoms with E-state index in [2.05, 4.69) is 10.3 Å². The smallest absolute Gasteiger partial charge is 0.237 e. The predicted molar refractivity (Wildman–Crippen MR) is 97.9 cm³/mol. The minimum absolute atomic E-state index is 0.0651. The third kappa shape index (κ3) is 4.21. The number of benzene rings is 2. The first-order chi connectivity index (χ1) is 11.6. The fraction of sp³-hybridized carbons (Fsp3) is 0.111. The number of nitrogens with zero attached hydrogens (tertiary/aromatic N) is 1. The molecule has 122 valence electrons. The second kappa shape index (κ2) is 7.59. The molecule has 0 spiro atoms. The number of anilines is 1. The Bertz CT molecular complexity index is 819. The minimum atomic E-state index is -0.269. The molecule has 1 amide bonds. The zero-order valence-electron chi connectivity index (χ0n) is 12.9. The third-order valence-electron chi connectivity index (χ3n) is 3.31. The minimum Gasteiger partial charge on any atom is -0.325 e. The van der Waals surface area contributed by atoms with E-state index in [1.165, 1.54) is 35.2 Å². The van der Waals surface area contributed by atoms with Crippen molar-refractivity contribution in [2.75, 3.05) is 5.32 Å². The molecule has 3 aromatic rings. The van der Waals surface area contributed by atoms with E-state index in [1.54, 1.807) is 12.1 Å². The first kappa shape index (κ1) is 16.7. The number of rotatable bonds is 5. The molecule has 1 N–H and O–H groups in total. The molecule has 1 atom stereocenters. The summed E-state index contributed by atoms with van der Waals surface area (Å²) < 4.78 is 13.8. The maximum Gasteiger partial charge on any atom is 0.237 e. The zero-order valence-corrected chi connectivity index (χ0v) is 14.5. The molecule has 6 heteroatoms. The number of carbonyl (C=O) groups is 1. The molecule has 0 fully saturated rings. The number of para-hydroxylation sites is 1. The number of nitrogens with one attached hydrogen (secondary N) is 1. The highest BCUT2D eigenvalue weighted by molar-refractivity contribution is 8.02. The summed E-state index contributed by atoms with van der Waals surface area (Å²) in [6.07, 6.45) is 0. The van der Waals surface area contributed by atoms with Crippen LogP contribution in [0.1, 0.15) is 6.92 Å². The lowest BCUT2D eigenvalue weighted by atomic mass is 10.2. The number of amides is 1. The van der Waals surface area contributed by atoms with Crippen molar-refractivity contribution >= 4 is 34.7 Å². The van der Waals surface area contributed by atoms with E-state index < -0.39 is 0 Å². The highest BCUT2D eigenvalue weighted by Crippen LogP contribution is 2.31. The van der Waals surface area contributed by atoms with Crippen molar-refractivity contribution in [3.05, 3.63) is 65.8 Å². The normalized spacial score (nSPS) is 11.9. The average molecular weight is 358 g/mol. The lowest BCUT2D eigenvalue weighted by molar-refractivity contribution is -0.115. The first-order valence-electron chi connectivity index (χ1n) is 7.36. The van der Waals surface area contributed by atoms with E-state index in [1.807, 2.05) is 42.6 Å². The molecule has 1 unspecified atom stereocenters. The van der Waals surface area contributed by atoms with E-state index in [9.17, 15) is 9.18 Å². The van der Waals surface area contributed by atoms with E-state index in [-0.39, 0.29) is 17.0 Å². The summed E-state index contributed by atoms with van der Waals surface area (Å²) in [7, 11) is 0. The molecule has 24 heavy (non-hydrogen) atoms. The molecule has 0 aliphatic heterocycles.